The van der Waals surface area contributed by atoms with Crippen LogP contribution in [0.5, 0.6) is 0 Å². The zero-order valence-corrected chi connectivity index (χ0v) is 8.76. The number of aliphatic hydroxyl groups excluding tert-OH is 2. The maximum atomic E-state index is 12.1. The summed E-state index contributed by atoms with van der Waals surface area (Å²) in [6.45, 7) is -0.0731. The van der Waals surface area contributed by atoms with Gasteiger partial charge in [0.25, 0.3) is 0 Å². The molecule has 1 aliphatic rings. The highest BCUT2D eigenvalue weighted by atomic mass is 19.4. The second kappa shape index (κ2) is 5.31. The van der Waals surface area contributed by atoms with Gasteiger partial charge in [0.05, 0.1) is 6.61 Å². The molecule has 96 valence electrons. The molecule has 0 aromatic rings. The topological polar surface area (TPSA) is 61.7 Å². The van der Waals surface area contributed by atoms with E-state index in [1.165, 1.54) is 0 Å². The van der Waals surface area contributed by atoms with Gasteiger partial charge in [-0.1, -0.05) is 0 Å². The predicted molar refractivity (Wildman–Crippen MR) is 49.9 cm³/mol. The number of β-amino-alcohol motifs (C(OH)–C–C–N with tert-alkyl or cyclic N) is 1. The van der Waals surface area contributed by atoms with Crippen molar-refractivity contribution >= 4 is 0 Å². The first-order valence-electron chi connectivity index (χ1n) is 5.08. The molecule has 1 fully saturated rings. The third-order valence-electron chi connectivity index (χ3n) is 2.80. The second-order valence-corrected chi connectivity index (χ2v) is 3.99. The van der Waals surface area contributed by atoms with Crippen molar-refractivity contribution in [3.05, 3.63) is 0 Å². The average Bonchev–Trinajstić information content (AvgIpc) is 2.26. The number of rotatable bonds is 4. The van der Waals surface area contributed by atoms with Crippen molar-refractivity contribution in [2.24, 2.45) is 0 Å². The summed E-state index contributed by atoms with van der Waals surface area (Å²) in [6.07, 6.45) is -6.16. The fraction of sp³-hybridized carbons (Fsp3) is 1.00. The van der Waals surface area contributed by atoms with Gasteiger partial charge in [-0.05, 0) is 12.8 Å². The summed E-state index contributed by atoms with van der Waals surface area (Å²) in [5.74, 6) is 0. The highest BCUT2D eigenvalue weighted by Gasteiger charge is 2.40. The summed E-state index contributed by atoms with van der Waals surface area (Å²) in [4.78, 5) is 0. The zero-order valence-electron chi connectivity index (χ0n) is 8.76. The first-order valence-corrected chi connectivity index (χ1v) is 5.08. The third-order valence-corrected chi connectivity index (χ3v) is 2.80. The van der Waals surface area contributed by atoms with Crippen LogP contribution in [0.4, 0.5) is 13.2 Å². The molecule has 0 aromatic heterocycles. The zero-order chi connectivity index (χ0) is 12.2. The highest BCUT2D eigenvalue weighted by Crippen LogP contribution is 2.23. The van der Waals surface area contributed by atoms with E-state index in [0.717, 1.165) is 0 Å². The molecule has 7 heteroatoms. The normalized spacial score (nSPS) is 23.1. The first kappa shape index (κ1) is 13.7. The van der Waals surface area contributed by atoms with Crippen LogP contribution in [0.25, 0.3) is 0 Å². The molecule has 3 N–H and O–H groups in total. The van der Waals surface area contributed by atoms with Gasteiger partial charge < -0.3 is 20.3 Å². The maximum absolute atomic E-state index is 12.1. The Morgan fingerprint density at radius 1 is 1.31 bits per heavy atom. The van der Waals surface area contributed by atoms with Crippen molar-refractivity contribution < 1.29 is 28.1 Å². The summed E-state index contributed by atoms with van der Waals surface area (Å²) in [7, 11) is 0. The van der Waals surface area contributed by atoms with Crippen LogP contribution >= 0.6 is 0 Å². The Balaban J connectivity index is 2.45. The predicted octanol–water partition coefficient (Wildman–Crippen LogP) is 0.0407. The standard InChI is InChI=1S/C9H16F3NO3/c10-9(11,12)7(15)5-13-8(6-14)1-3-16-4-2-8/h7,13-15H,1-6H2. The van der Waals surface area contributed by atoms with Gasteiger partial charge in [-0.15, -0.1) is 0 Å². The Morgan fingerprint density at radius 3 is 2.31 bits per heavy atom. The van der Waals surface area contributed by atoms with Gasteiger partial charge in [0, 0.05) is 25.3 Å². The van der Waals surface area contributed by atoms with E-state index in [-0.39, 0.29) is 6.61 Å². The van der Waals surface area contributed by atoms with E-state index in [2.05, 4.69) is 5.32 Å². The second-order valence-electron chi connectivity index (χ2n) is 3.99. The molecule has 0 radical (unpaired) electrons. The molecule has 0 bridgehead atoms. The Morgan fingerprint density at radius 2 is 1.88 bits per heavy atom. The molecular weight excluding hydrogens is 227 g/mol. The smallest absolute Gasteiger partial charge is 0.394 e. The molecule has 1 atom stereocenters. The van der Waals surface area contributed by atoms with Crippen molar-refractivity contribution in [3.63, 3.8) is 0 Å². The fourth-order valence-electron chi connectivity index (χ4n) is 1.58. The Hall–Kier alpha value is -0.370. The molecule has 0 aromatic carbocycles. The number of hydrogen-bond donors (Lipinski definition) is 3. The quantitative estimate of drug-likeness (QED) is 0.652. The van der Waals surface area contributed by atoms with Gasteiger partial charge in [0.2, 0.25) is 0 Å². The number of hydrogen-bond acceptors (Lipinski definition) is 4. The van der Waals surface area contributed by atoms with Gasteiger partial charge >= 0.3 is 6.18 Å². The minimum absolute atomic E-state index is 0.263. The van der Waals surface area contributed by atoms with Crippen LogP contribution in [-0.2, 0) is 4.74 Å². The van der Waals surface area contributed by atoms with Crippen molar-refractivity contribution in [1.82, 2.24) is 5.32 Å². The van der Waals surface area contributed by atoms with Gasteiger partial charge in [-0.25, -0.2) is 0 Å². The van der Waals surface area contributed by atoms with Crippen molar-refractivity contribution in [2.45, 2.75) is 30.7 Å². The molecule has 1 rings (SSSR count). The lowest BCUT2D eigenvalue weighted by atomic mass is 9.91. The van der Waals surface area contributed by atoms with Gasteiger partial charge in [-0.3, -0.25) is 0 Å². The fourth-order valence-corrected chi connectivity index (χ4v) is 1.58. The Kier molecular flexibility index (Phi) is 4.54. The summed E-state index contributed by atoms with van der Waals surface area (Å²) in [6, 6.07) is 0. The molecule has 0 spiro atoms. The Labute approximate surface area is 91.4 Å². The molecule has 16 heavy (non-hydrogen) atoms. The van der Waals surface area contributed by atoms with Crippen molar-refractivity contribution in [1.29, 1.82) is 0 Å². The van der Waals surface area contributed by atoms with Crippen molar-refractivity contribution in [2.75, 3.05) is 26.4 Å². The molecule has 0 saturated carbocycles. The first-order chi connectivity index (χ1) is 7.40. The molecule has 1 saturated heterocycles. The Bertz CT molecular complexity index is 217. The van der Waals surface area contributed by atoms with Crippen LogP contribution in [0.2, 0.25) is 0 Å². The van der Waals surface area contributed by atoms with E-state index in [9.17, 15) is 18.3 Å². The van der Waals surface area contributed by atoms with Crippen LogP contribution in [0.15, 0.2) is 0 Å². The number of ether oxygens (including phenoxy) is 1. The van der Waals surface area contributed by atoms with Crippen LogP contribution < -0.4 is 5.32 Å². The van der Waals surface area contributed by atoms with Crippen LogP contribution in [-0.4, -0.2) is 54.4 Å². The monoisotopic (exact) mass is 243 g/mol. The molecule has 4 nitrogen and oxygen atoms in total. The van der Waals surface area contributed by atoms with Crippen LogP contribution in [0.3, 0.4) is 0 Å². The molecule has 1 heterocycles. The lowest BCUT2D eigenvalue weighted by Crippen LogP contribution is -2.55. The molecule has 1 aliphatic heterocycles. The maximum Gasteiger partial charge on any atom is 0.415 e. The number of halogens is 3. The van der Waals surface area contributed by atoms with Crippen molar-refractivity contribution in [3.8, 4) is 0 Å². The van der Waals surface area contributed by atoms with Gasteiger partial charge in [0.1, 0.15) is 0 Å². The van der Waals surface area contributed by atoms with E-state index >= 15 is 0 Å². The minimum Gasteiger partial charge on any atom is -0.394 e. The summed E-state index contributed by atoms with van der Waals surface area (Å²) >= 11 is 0. The van der Waals surface area contributed by atoms with Crippen LogP contribution in [0, 0.1) is 0 Å². The molecule has 1 unspecified atom stereocenters. The van der Waals surface area contributed by atoms with Gasteiger partial charge in [-0.2, -0.15) is 13.2 Å². The minimum atomic E-state index is -4.63. The average molecular weight is 243 g/mol. The summed E-state index contributed by atoms with van der Waals surface area (Å²) < 4.78 is 41.2. The molecule has 0 amide bonds. The SMILES string of the molecule is OCC1(NCC(O)C(F)(F)F)CCOCC1. The summed E-state index contributed by atoms with van der Waals surface area (Å²) in [5.41, 5.74) is -0.759. The molecular formula is C9H16F3NO3. The summed E-state index contributed by atoms with van der Waals surface area (Å²) in [5, 5.41) is 20.6. The lowest BCUT2D eigenvalue weighted by Gasteiger charge is -2.37. The van der Waals surface area contributed by atoms with E-state index in [1.54, 1.807) is 0 Å². The van der Waals surface area contributed by atoms with Gasteiger partial charge in [0.15, 0.2) is 6.10 Å². The molecule has 0 aliphatic carbocycles. The van der Waals surface area contributed by atoms with E-state index in [0.29, 0.717) is 26.1 Å². The lowest BCUT2D eigenvalue weighted by molar-refractivity contribution is -0.203. The van der Waals surface area contributed by atoms with E-state index in [4.69, 9.17) is 9.84 Å². The number of nitrogens with one attached hydrogen (secondary N) is 1. The van der Waals surface area contributed by atoms with E-state index < -0.39 is 24.4 Å². The highest BCUT2D eigenvalue weighted by molar-refractivity contribution is 4.90. The van der Waals surface area contributed by atoms with Crippen LogP contribution in [0.1, 0.15) is 12.8 Å². The van der Waals surface area contributed by atoms with E-state index in [1.807, 2.05) is 0 Å². The third kappa shape index (κ3) is 3.58. The largest absolute Gasteiger partial charge is 0.415 e. The number of aliphatic hydroxyl groups is 2. The number of alkyl halides is 3.